The molecule has 106 valence electrons. The second kappa shape index (κ2) is 5.43. The van der Waals surface area contributed by atoms with E-state index in [4.69, 9.17) is 4.98 Å². The summed E-state index contributed by atoms with van der Waals surface area (Å²) in [5.74, 6) is 0. The average molecular weight is 349 g/mol. The molecular weight excluding hydrogens is 336 g/mol. The van der Waals surface area contributed by atoms with Crippen molar-refractivity contribution in [3.63, 3.8) is 0 Å². The van der Waals surface area contributed by atoms with Gasteiger partial charge in [-0.1, -0.05) is 58.4 Å². The average Bonchev–Trinajstić information content (AvgIpc) is 2.99. The van der Waals surface area contributed by atoms with Crippen LogP contribution in [0.2, 0.25) is 0 Å². The molecule has 0 fully saturated rings. The molecule has 0 unspecified atom stereocenters. The molecule has 22 heavy (non-hydrogen) atoms. The van der Waals surface area contributed by atoms with Gasteiger partial charge in [0, 0.05) is 22.4 Å². The maximum Gasteiger partial charge on any atom is 0.137 e. The minimum Gasteiger partial charge on any atom is -0.306 e. The van der Waals surface area contributed by atoms with Gasteiger partial charge in [-0.15, -0.1) is 0 Å². The molecule has 2 aromatic carbocycles. The number of imidazole rings is 1. The minimum atomic E-state index is 0.956. The van der Waals surface area contributed by atoms with Crippen molar-refractivity contribution >= 4 is 21.6 Å². The molecule has 0 N–H and O–H groups in total. The van der Waals surface area contributed by atoms with Crippen LogP contribution in [0.3, 0.4) is 0 Å². The van der Waals surface area contributed by atoms with Crippen LogP contribution in [-0.4, -0.2) is 9.38 Å². The molecule has 0 spiro atoms. The van der Waals surface area contributed by atoms with Crippen molar-refractivity contribution in [2.24, 2.45) is 0 Å². The first-order chi connectivity index (χ1) is 10.8. The molecule has 4 aromatic rings. The molecule has 0 atom stereocenters. The van der Waals surface area contributed by atoms with Crippen molar-refractivity contribution < 1.29 is 0 Å². The second-order valence-electron chi connectivity index (χ2n) is 5.18. The van der Waals surface area contributed by atoms with E-state index in [0.717, 1.165) is 21.4 Å². The largest absolute Gasteiger partial charge is 0.306 e. The number of benzene rings is 2. The monoisotopic (exact) mass is 348 g/mol. The zero-order valence-corrected chi connectivity index (χ0v) is 13.4. The number of pyridine rings is 1. The first-order valence-electron chi connectivity index (χ1n) is 7.10. The number of halogens is 1. The number of rotatable bonds is 2. The van der Waals surface area contributed by atoms with E-state index < -0.39 is 0 Å². The van der Waals surface area contributed by atoms with E-state index in [1.165, 1.54) is 11.1 Å². The Balaban J connectivity index is 1.80. The van der Waals surface area contributed by atoms with Crippen molar-refractivity contribution in [2.75, 3.05) is 0 Å². The molecule has 0 saturated heterocycles. The standard InChI is InChI=1S/C19H13BrN2/c20-17-9-6-15(7-10-17)18-13-22-12-16(8-11-19(22)21-18)14-4-2-1-3-5-14/h1-13H. The van der Waals surface area contributed by atoms with Gasteiger partial charge in [0.15, 0.2) is 0 Å². The Morgan fingerprint density at radius 2 is 1.41 bits per heavy atom. The van der Waals surface area contributed by atoms with Gasteiger partial charge in [0.05, 0.1) is 5.69 Å². The van der Waals surface area contributed by atoms with Crippen LogP contribution in [0.25, 0.3) is 28.0 Å². The lowest BCUT2D eigenvalue weighted by Gasteiger charge is -2.01. The highest BCUT2D eigenvalue weighted by Gasteiger charge is 2.05. The van der Waals surface area contributed by atoms with E-state index in [0.29, 0.717) is 0 Å². The summed E-state index contributed by atoms with van der Waals surface area (Å²) in [6.45, 7) is 0. The molecule has 2 aromatic heterocycles. The van der Waals surface area contributed by atoms with Crippen LogP contribution in [0.15, 0.2) is 83.6 Å². The topological polar surface area (TPSA) is 17.3 Å². The van der Waals surface area contributed by atoms with Crippen LogP contribution in [0.5, 0.6) is 0 Å². The van der Waals surface area contributed by atoms with Gasteiger partial charge in [0.2, 0.25) is 0 Å². The number of hydrogen-bond acceptors (Lipinski definition) is 1. The molecule has 0 bridgehead atoms. The smallest absolute Gasteiger partial charge is 0.137 e. The van der Waals surface area contributed by atoms with Crippen LogP contribution in [-0.2, 0) is 0 Å². The predicted molar refractivity (Wildman–Crippen MR) is 93.8 cm³/mol. The fraction of sp³-hybridized carbons (Fsp3) is 0. The lowest BCUT2D eigenvalue weighted by Crippen LogP contribution is -1.84. The predicted octanol–water partition coefficient (Wildman–Crippen LogP) is 5.43. The van der Waals surface area contributed by atoms with E-state index in [1.54, 1.807) is 0 Å². The Labute approximate surface area is 137 Å². The third kappa shape index (κ3) is 2.44. The number of nitrogens with zero attached hydrogens (tertiary/aromatic N) is 2. The quantitative estimate of drug-likeness (QED) is 0.472. The number of aromatic nitrogens is 2. The third-order valence-electron chi connectivity index (χ3n) is 3.70. The molecule has 0 saturated carbocycles. The molecule has 2 heterocycles. The van der Waals surface area contributed by atoms with Crippen molar-refractivity contribution in [1.29, 1.82) is 0 Å². The summed E-state index contributed by atoms with van der Waals surface area (Å²) in [5, 5.41) is 0. The lowest BCUT2D eigenvalue weighted by atomic mass is 10.1. The second-order valence-corrected chi connectivity index (χ2v) is 6.10. The first-order valence-corrected chi connectivity index (χ1v) is 7.89. The van der Waals surface area contributed by atoms with Crippen molar-refractivity contribution in [3.8, 4) is 22.4 Å². The van der Waals surface area contributed by atoms with Crippen LogP contribution in [0.1, 0.15) is 0 Å². The summed E-state index contributed by atoms with van der Waals surface area (Å²) in [6, 6.07) is 22.8. The third-order valence-corrected chi connectivity index (χ3v) is 4.23. The summed E-state index contributed by atoms with van der Waals surface area (Å²) in [6.07, 6.45) is 4.20. The molecule has 2 nitrogen and oxygen atoms in total. The Bertz CT molecular complexity index is 925. The molecule has 4 rings (SSSR count). The zero-order valence-electron chi connectivity index (χ0n) is 11.8. The van der Waals surface area contributed by atoms with Gasteiger partial charge in [-0.3, -0.25) is 0 Å². The van der Waals surface area contributed by atoms with Crippen LogP contribution in [0, 0.1) is 0 Å². The summed E-state index contributed by atoms with van der Waals surface area (Å²) in [5.41, 5.74) is 5.46. The van der Waals surface area contributed by atoms with E-state index in [2.05, 4.69) is 81.3 Å². The van der Waals surface area contributed by atoms with Crippen LogP contribution < -0.4 is 0 Å². The molecule has 0 aliphatic carbocycles. The number of fused-ring (bicyclic) bond motifs is 1. The van der Waals surface area contributed by atoms with Gasteiger partial charge >= 0.3 is 0 Å². The molecule has 0 amide bonds. The summed E-state index contributed by atoms with van der Waals surface area (Å²) in [4.78, 5) is 4.70. The lowest BCUT2D eigenvalue weighted by molar-refractivity contribution is 1.19. The highest BCUT2D eigenvalue weighted by molar-refractivity contribution is 9.10. The summed E-state index contributed by atoms with van der Waals surface area (Å²) < 4.78 is 3.16. The van der Waals surface area contributed by atoms with E-state index in [-0.39, 0.29) is 0 Å². The van der Waals surface area contributed by atoms with Gasteiger partial charge < -0.3 is 4.40 Å². The fourth-order valence-corrected chi connectivity index (χ4v) is 2.82. The first kappa shape index (κ1) is 13.3. The maximum atomic E-state index is 4.70. The highest BCUT2D eigenvalue weighted by Crippen LogP contribution is 2.24. The van der Waals surface area contributed by atoms with Crippen LogP contribution >= 0.6 is 15.9 Å². The van der Waals surface area contributed by atoms with Gasteiger partial charge in [0.25, 0.3) is 0 Å². The molecule has 3 heteroatoms. The molecule has 0 aliphatic rings. The summed E-state index contributed by atoms with van der Waals surface area (Å²) in [7, 11) is 0. The zero-order chi connectivity index (χ0) is 14.9. The Morgan fingerprint density at radius 1 is 0.682 bits per heavy atom. The Kier molecular flexibility index (Phi) is 3.28. The Morgan fingerprint density at radius 3 is 2.18 bits per heavy atom. The number of hydrogen-bond donors (Lipinski definition) is 0. The van der Waals surface area contributed by atoms with E-state index in [1.807, 2.05) is 18.2 Å². The minimum absolute atomic E-state index is 0.956. The highest BCUT2D eigenvalue weighted by atomic mass is 79.9. The normalized spacial score (nSPS) is 11.0. The van der Waals surface area contributed by atoms with Gasteiger partial charge in [-0.2, -0.15) is 0 Å². The van der Waals surface area contributed by atoms with Crippen LogP contribution in [0.4, 0.5) is 0 Å². The van der Waals surface area contributed by atoms with Crippen molar-refractivity contribution in [1.82, 2.24) is 9.38 Å². The molecule has 0 radical (unpaired) electrons. The SMILES string of the molecule is Brc1ccc(-c2cn3cc(-c4ccccc4)ccc3n2)cc1. The fourth-order valence-electron chi connectivity index (χ4n) is 2.55. The van der Waals surface area contributed by atoms with Crippen molar-refractivity contribution in [3.05, 3.63) is 83.6 Å². The van der Waals surface area contributed by atoms with E-state index >= 15 is 0 Å². The maximum absolute atomic E-state index is 4.70. The van der Waals surface area contributed by atoms with Gasteiger partial charge in [-0.05, 0) is 35.4 Å². The summed E-state index contributed by atoms with van der Waals surface area (Å²) >= 11 is 3.46. The van der Waals surface area contributed by atoms with E-state index in [9.17, 15) is 0 Å². The van der Waals surface area contributed by atoms with Gasteiger partial charge in [0.1, 0.15) is 5.65 Å². The molecular formula is C19H13BrN2. The van der Waals surface area contributed by atoms with Gasteiger partial charge in [-0.25, -0.2) is 4.98 Å². The Hall–Kier alpha value is -2.39. The molecule has 0 aliphatic heterocycles. The van der Waals surface area contributed by atoms with Crippen molar-refractivity contribution in [2.45, 2.75) is 0 Å².